The van der Waals surface area contributed by atoms with Gasteiger partial charge < -0.3 is 9.57 Å². The van der Waals surface area contributed by atoms with E-state index in [1.807, 2.05) is 0 Å². The first kappa shape index (κ1) is 9.06. The van der Waals surface area contributed by atoms with Gasteiger partial charge in [-0.2, -0.15) is 0 Å². The number of hydrogen-bond acceptors (Lipinski definition) is 7. The molecule has 2 heterocycles. The molecule has 0 aliphatic carbocycles. The van der Waals surface area contributed by atoms with Crippen LogP contribution in [0.15, 0.2) is 23.1 Å². The highest BCUT2D eigenvalue weighted by atomic mass is 16.7. The molecule has 0 amide bonds. The van der Waals surface area contributed by atoms with E-state index in [4.69, 9.17) is 0 Å². The van der Waals surface area contributed by atoms with Crippen molar-refractivity contribution in [2.24, 2.45) is 0 Å². The Morgan fingerprint density at radius 2 is 1.87 bits per heavy atom. The lowest BCUT2D eigenvalue weighted by molar-refractivity contribution is -0.143. The van der Waals surface area contributed by atoms with Gasteiger partial charge in [0, 0.05) is 12.2 Å². The van der Waals surface area contributed by atoms with E-state index in [0.29, 0.717) is 4.73 Å². The molecule has 1 aliphatic heterocycles. The summed E-state index contributed by atoms with van der Waals surface area (Å²) >= 11 is 0. The first-order chi connectivity index (χ1) is 7.16. The van der Waals surface area contributed by atoms with Crippen molar-refractivity contribution in [1.29, 1.82) is 0 Å². The van der Waals surface area contributed by atoms with Gasteiger partial charge in [-0.05, 0) is 0 Å². The third-order valence-electron chi connectivity index (χ3n) is 1.43. The molecule has 0 spiro atoms. The summed E-state index contributed by atoms with van der Waals surface area (Å²) in [6.45, 7) is 0. The van der Waals surface area contributed by atoms with Crippen molar-refractivity contribution in [2.75, 3.05) is 0 Å². The van der Waals surface area contributed by atoms with Crippen LogP contribution in [0.5, 0.6) is 5.88 Å². The normalized spacial score (nSPS) is 16.8. The topological polar surface area (TPSA) is 100 Å². The van der Waals surface area contributed by atoms with Gasteiger partial charge in [0.15, 0.2) is 0 Å². The SMILES string of the molecule is O=C1/C=C/C(=O)On2c(cnnc2=O)O1. The molecule has 76 valence electrons. The lowest BCUT2D eigenvalue weighted by Gasteiger charge is -2.09. The number of aromatic nitrogens is 3. The van der Waals surface area contributed by atoms with Crippen molar-refractivity contribution >= 4 is 11.9 Å². The standard InChI is InChI=1S/C7H3N3O5/c11-5-1-2-6(12)15-10-4(14-5)3-8-9-7(10)13/h1-3H/b2-1+. The van der Waals surface area contributed by atoms with Crippen LogP contribution in [0.4, 0.5) is 0 Å². The number of hydrogen-bond donors (Lipinski definition) is 0. The van der Waals surface area contributed by atoms with Gasteiger partial charge in [0.25, 0.3) is 5.88 Å². The van der Waals surface area contributed by atoms with Crippen molar-refractivity contribution in [3.8, 4) is 5.88 Å². The second kappa shape index (κ2) is 3.33. The molecule has 0 N–H and O–H groups in total. The molecule has 0 atom stereocenters. The highest BCUT2D eigenvalue weighted by molar-refractivity contribution is 5.93. The summed E-state index contributed by atoms with van der Waals surface area (Å²) in [6, 6.07) is 0. The summed E-state index contributed by atoms with van der Waals surface area (Å²) in [4.78, 5) is 37.5. The second-order valence-corrected chi connectivity index (χ2v) is 2.42. The zero-order valence-corrected chi connectivity index (χ0v) is 7.11. The number of fused-ring (bicyclic) bond motifs is 1. The molecule has 1 aliphatic rings. The zero-order chi connectivity index (χ0) is 10.8. The molecule has 8 nitrogen and oxygen atoms in total. The maximum atomic E-state index is 11.1. The minimum atomic E-state index is -0.955. The number of esters is 1. The van der Waals surface area contributed by atoms with Crippen molar-refractivity contribution in [3.63, 3.8) is 0 Å². The van der Waals surface area contributed by atoms with Gasteiger partial charge in [-0.15, -0.1) is 5.10 Å². The predicted molar refractivity (Wildman–Crippen MR) is 42.7 cm³/mol. The molecule has 0 aromatic carbocycles. The van der Waals surface area contributed by atoms with Crippen LogP contribution in [0.2, 0.25) is 0 Å². The Bertz CT molecular complexity index is 518. The number of carbonyl (C=O) groups excluding carboxylic acids is 2. The summed E-state index contributed by atoms with van der Waals surface area (Å²) in [5.41, 5.74) is -0.955. The highest BCUT2D eigenvalue weighted by Crippen LogP contribution is 2.05. The molecular weight excluding hydrogens is 206 g/mol. The van der Waals surface area contributed by atoms with Crippen molar-refractivity contribution in [2.45, 2.75) is 0 Å². The maximum Gasteiger partial charge on any atom is 0.403 e. The molecule has 0 saturated carbocycles. The van der Waals surface area contributed by atoms with Crippen LogP contribution < -0.4 is 15.3 Å². The predicted octanol–water partition coefficient (Wildman–Crippen LogP) is -1.93. The molecule has 0 saturated heterocycles. The zero-order valence-electron chi connectivity index (χ0n) is 7.11. The third kappa shape index (κ3) is 1.73. The highest BCUT2D eigenvalue weighted by Gasteiger charge is 2.16. The second-order valence-electron chi connectivity index (χ2n) is 2.42. The first-order valence-corrected chi connectivity index (χ1v) is 3.74. The summed E-state index contributed by atoms with van der Waals surface area (Å²) in [7, 11) is 0. The third-order valence-corrected chi connectivity index (χ3v) is 1.43. The van der Waals surface area contributed by atoms with E-state index in [0.717, 1.165) is 18.3 Å². The monoisotopic (exact) mass is 209 g/mol. The van der Waals surface area contributed by atoms with Gasteiger partial charge in [-0.1, -0.05) is 9.83 Å². The molecule has 8 heteroatoms. The average Bonchev–Trinajstić information content (AvgIpc) is 2.18. The Morgan fingerprint density at radius 1 is 1.13 bits per heavy atom. The van der Waals surface area contributed by atoms with Crippen LogP contribution in [-0.4, -0.2) is 26.9 Å². The average molecular weight is 209 g/mol. The fraction of sp³-hybridized carbons (Fsp3) is 0. The van der Waals surface area contributed by atoms with Crippen LogP contribution in [-0.2, 0) is 9.59 Å². The van der Waals surface area contributed by atoms with Crippen LogP contribution in [0.25, 0.3) is 0 Å². The summed E-state index contributed by atoms with van der Waals surface area (Å²) in [5.74, 6) is -2.01. The summed E-state index contributed by atoms with van der Waals surface area (Å²) < 4.78 is 5.06. The molecule has 0 unspecified atom stereocenters. The summed E-state index contributed by atoms with van der Waals surface area (Å²) in [5, 5.41) is 6.34. The number of carbonyl (C=O) groups is 2. The molecule has 0 radical (unpaired) electrons. The molecule has 0 fully saturated rings. The Hall–Kier alpha value is -2.51. The van der Waals surface area contributed by atoms with Crippen molar-refractivity contribution < 1.29 is 19.2 Å². The molecule has 1 aromatic heterocycles. The van der Waals surface area contributed by atoms with Crippen LogP contribution in [0.3, 0.4) is 0 Å². The number of ether oxygens (including phenoxy) is 1. The molecule has 0 bridgehead atoms. The van der Waals surface area contributed by atoms with Gasteiger partial charge in [-0.3, -0.25) is 0 Å². The molecule has 2 rings (SSSR count). The Labute approximate surface area is 81.7 Å². The van der Waals surface area contributed by atoms with Gasteiger partial charge >= 0.3 is 17.6 Å². The molecule has 1 aromatic rings. The van der Waals surface area contributed by atoms with E-state index < -0.39 is 17.6 Å². The smallest absolute Gasteiger partial charge is 0.401 e. The van der Waals surface area contributed by atoms with E-state index >= 15 is 0 Å². The quantitative estimate of drug-likeness (QED) is 0.458. The largest absolute Gasteiger partial charge is 0.403 e. The van der Waals surface area contributed by atoms with Gasteiger partial charge in [0.1, 0.15) is 6.20 Å². The fourth-order valence-electron chi connectivity index (χ4n) is 0.860. The van der Waals surface area contributed by atoms with Crippen molar-refractivity contribution in [3.05, 3.63) is 28.8 Å². The lowest BCUT2D eigenvalue weighted by Crippen LogP contribution is -2.35. The van der Waals surface area contributed by atoms with Gasteiger partial charge in [0.2, 0.25) is 0 Å². The Balaban J connectivity index is 2.56. The first-order valence-electron chi connectivity index (χ1n) is 3.74. The number of rotatable bonds is 0. The Kier molecular flexibility index (Phi) is 2.01. The Morgan fingerprint density at radius 3 is 2.67 bits per heavy atom. The maximum absolute atomic E-state index is 11.1. The minimum absolute atomic E-state index is 0.308. The molecular formula is C7H3N3O5. The summed E-state index contributed by atoms with van der Waals surface area (Å²) in [6.07, 6.45) is 2.68. The molecule has 15 heavy (non-hydrogen) atoms. The van der Waals surface area contributed by atoms with Gasteiger partial charge in [-0.25, -0.2) is 14.4 Å². The van der Waals surface area contributed by atoms with Gasteiger partial charge in [0.05, 0.1) is 0 Å². The number of nitrogens with zero attached hydrogens (tertiary/aromatic N) is 3. The van der Waals surface area contributed by atoms with E-state index in [-0.39, 0.29) is 5.88 Å². The van der Waals surface area contributed by atoms with E-state index in [1.54, 1.807) is 0 Å². The van der Waals surface area contributed by atoms with Crippen LogP contribution in [0, 0.1) is 0 Å². The van der Waals surface area contributed by atoms with E-state index in [2.05, 4.69) is 19.8 Å². The van der Waals surface area contributed by atoms with E-state index in [9.17, 15) is 14.4 Å². The lowest BCUT2D eigenvalue weighted by atomic mass is 10.5. The fourth-order valence-corrected chi connectivity index (χ4v) is 0.860. The van der Waals surface area contributed by atoms with E-state index in [1.165, 1.54) is 0 Å². The van der Waals surface area contributed by atoms with Crippen molar-refractivity contribution in [1.82, 2.24) is 14.9 Å². The van der Waals surface area contributed by atoms with Crippen LogP contribution in [0.1, 0.15) is 0 Å². The van der Waals surface area contributed by atoms with Crippen LogP contribution >= 0.6 is 0 Å². The minimum Gasteiger partial charge on any atom is -0.401 e.